The number of nitrogens with one attached hydrogen (secondary N) is 1. The van der Waals surface area contributed by atoms with E-state index < -0.39 is 0 Å². The maximum absolute atomic E-state index is 11.9. The molecule has 1 heterocycles. The number of ether oxygens (including phenoxy) is 1. The molecule has 1 aliphatic heterocycles. The molecular formula is C15H22N2O2. The fourth-order valence-corrected chi connectivity index (χ4v) is 2.27. The molecule has 1 aromatic rings. The summed E-state index contributed by atoms with van der Waals surface area (Å²) in [4.78, 5) is 11.9. The first-order valence-electron chi connectivity index (χ1n) is 6.94. The quantitative estimate of drug-likeness (QED) is 0.842. The van der Waals surface area contributed by atoms with Crippen LogP contribution in [-0.4, -0.2) is 24.7 Å². The van der Waals surface area contributed by atoms with Gasteiger partial charge in [0, 0.05) is 13.1 Å². The van der Waals surface area contributed by atoms with Crippen molar-refractivity contribution >= 4 is 5.91 Å². The predicted molar refractivity (Wildman–Crippen MR) is 74.6 cm³/mol. The lowest BCUT2D eigenvalue weighted by molar-refractivity contribution is -0.132. The molecule has 1 aliphatic rings. The molecule has 104 valence electrons. The summed E-state index contributed by atoms with van der Waals surface area (Å²) in [7, 11) is 0. The maximum atomic E-state index is 11.9. The molecule has 1 saturated heterocycles. The molecule has 4 heteroatoms. The summed E-state index contributed by atoms with van der Waals surface area (Å²) < 4.78 is 5.56. The molecule has 2 atom stereocenters. The first-order valence-corrected chi connectivity index (χ1v) is 6.94. The molecule has 1 amide bonds. The molecule has 2 unspecified atom stereocenters. The van der Waals surface area contributed by atoms with Gasteiger partial charge in [-0.25, -0.2) is 0 Å². The summed E-state index contributed by atoms with van der Waals surface area (Å²) in [6.07, 6.45) is 2.38. The van der Waals surface area contributed by atoms with Crippen LogP contribution in [0, 0.1) is 0 Å². The molecule has 0 spiro atoms. The van der Waals surface area contributed by atoms with Gasteiger partial charge in [-0.05, 0) is 30.4 Å². The van der Waals surface area contributed by atoms with Gasteiger partial charge in [0.05, 0.1) is 6.10 Å². The first kappa shape index (κ1) is 14.0. The maximum Gasteiger partial charge on any atom is 0.249 e. The van der Waals surface area contributed by atoms with Crippen molar-refractivity contribution < 1.29 is 9.53 Å². The van der Waals surface area contributed by atoms with Crippen LogP contribution in [0.5, 0.6) is 0 Å². The van der Waals surface area contributed by atoms with Crippen molar-refractivity contribution in [3.05, 3.63) is 35.4 Å². The normalized spacial score (nSPS) is 22.4. The molecule has 0 radical (unpaired) electrons. The zero-order chi connectivity index (χ0) is 13.7. The summed E-state index contributed by atoms with van der Waals surface area (Å²) >= 11 is 0. The van der Waals surface area contributed by atoms with Gasteiger partial charge < -0.3 is 15.8 Å². The minimum Gasteiger partial charge on any atom is -0.364 e. The van der Waals surface area contributed by atoms with E-state index in [2.05, 4.69) is 36.5 Å². The summed E-state index contributed by atoms with van der Waals surface area (Å²) in [5.41, 5.74) is 7.95. The van der Waals surface area contributed by atoms with Gasteiger partial charge in [-0.2, -0.15) is 0 Å². The number of benzene rings is 1. The third-order valence-corrected chi connectivity index (χ3v) is 3.56. The minimum absolute atomic E-state index is 0.0319. The smallest absolute Gasteiger partial charge is 0.249 e. The molecule has 0 saturated carbocycles. The van der Waals surface area contributed by atoms with Crippen LogP contribution in [0.2, 0.25) is 0 Å². The second-order valence-electron chi connectivity index (χ2n) is 4.95. The van der Waals surface area contributed by atoms with Gasteiger partial charge in [-0.15, -0.1) is 0 Å². The summed E-state index contributed by atoms with van der Waals surface area (Å²) in [5.74, 6) is -0.0319. The Morgan fingerprint density at radius 1 is 1.32 bits per heavy atom. The van der Waals surface area contributed by atoms with E-state index in [4.69, 9.17) is 10.5 Å². The highest BCUT2D eigenvalue weighted by Crippen LogP contribution is 2.18. The standard InChI is InChI=1S/C15H22N2O2/c1-2-11-3-5-12(6-4-11)10-17-15(18)14-8-7-13(9-16)19-14/h3-6,13-14H,2,7-10,16H2,1H3,(H,17,18). The van der Waals surface area contributed by atoms with Crippen LogP contribution in [0.25, 0.3) is 0 Å². The number of carbonyl (C=O) groups excluding carboxylic acids is 1. The number of amides is 1. The van der Waals surface area contributed by atoms with E-state index in [1.54, 1.807) is 0 Å². The number of carbonyl (C=O) groups is 1. The fraction of sp³-hybridized carbons (Fsp3) is 0.533. The van der Waals surface area contributed by atoms with Gasteiger partial charge in [0.15, 0.2) is 0 Å². The summed E-state index contributed by atoms with van der Waals surface area (Å²) in [6, 6.07) is 8.30. The van der Waals surface area contributed by atoms with Crippen LogP contribution in [0.15, 0.2) is 24.3 Å². The second kappa shape index (κ2) is 6.68. The average molecular weight is 262 g/mol. The molecule has 3 N–H and O–H groups in total. The summed E-state index contributed by atoms with van der Waals surface area (Å²) in [5, 5.41) is 2.92. The Kier molecular flexibility index (Phi) is 4.93. The highest BCUT2D eigenvalue weighted by atomic mass is 16.5. The van der Waals surface area contributed by atoms with Crippen molar-refractivity contribution in [2.45, 2.75) is 44.9 Å². The Bertz CT molecular complexity index is 417. The van der Waals surface area contributed by atoms with Crippen molar-refractivity contribution in [2.75, 3.05) is 6.54 Å². The van der Waals surface area contributed by atoms with Crippen LogP contribution in [-0.2, 0) is 22.5 Å². The largest absolute Gasteiger partial charge is 0.364 e. The highest BCUT2D eigenvalue weighted by molar-refractivity contribution is 5.81. The van der Waals surface area contributed by atoms with Crippen molar-refractivity contribution in [2.24, 2.45) is 5.73 Å². The van der Waals surface area contributed by atoms with Gasteiger partial charge in [0.2, 0.25) is 5.91 Å². The van der Waals surface area contributed by atoms with Gasteiger partial charge in [0.25, 0.3) is 0 Å². The van der Waals surface area contributed by atoms with Crippen LogP contribution in [0.3, 0.4) is 0 Å². The molecule has 0 aromatic heterocycles. The number of aryl methyl sites for hydroxylation is 1. The van der Waals surface area contributed by atoms with Crippen molar-refractivity contribution in [3.63, 3.8) is 0 Å². The van der Waals surface area contributed by atoms with E-state index in [1.165, 1.54) is 5.56 Å². The molecular weight excluding hydrogens is 240 g/mol. The molecule has 0 aliphatic carbocycles. The molecule has 19 heavy (non-hydrogen) atoms. The van der Waals surface area contributed by atoms with Gasteiger partial charge in [0.1, 0.15) is 6.10 Å². The monoisotopic (exact) mass is 262 g/mol. The second-order valence-corrected chi connectivity index (χ2v) is 4.95. The Hall–Kier alpha value is -1.39. The van der Waals surface area contributed by atoms with E-state index in [1.807, 2.05) is 0 Å². The SMILES string of the molecule is CCc1ccc(CNC(=O)C2CCC(CN)O2)cc1. The van der Waals surface area contributed by atoms with Gasteiger partial charge in [-0.1, -0.05) is 31.2 Å². The number of hydrogen-bond acceptors (Lipinski definition) is 3. The molecule has 1 fully saturated rings. The third kappa shape index (κ3) is 3.78. The van der Waals surface area contributed by atoms with E-state index in [9.17, 15) is 4.79 Å². The summed E-state index contributed by atoms with van der Waals surface area (Å²) in [6.45, 7) is 3.17. The number of nitrogens with two attached hydrogens (primary N) is 1. The van der Waals surface area contributed by atoms with Crippen LogP contribution >= 0.6 is 0 Å². The van der Waals surface area contributed by atoms with Crippen molar-refractivity contribution in [1.29, 1.82) is 0 Å². The lowest BCUT2D eigenvalue weighted by atomic mass is 10.1. The predicted octanol–water partition coefficient (Wildman–Crippen LogP) is 1.37. The zero-order valence-electron chi connectivity index (χ0n) is 11.4. The minimum atomic E-state index is -0.330. The first-order chi connectivity index (χ1) is 9.22. The van der Waals surface area contributed by atoms with E-state index >= 15 is 0 Å². The Morgan fingerprint density at radius 2 is 2.00 bits per heavy atom. The zero-order valence-corrected chi connectivity index (χ0v) is 11.4. The van der Waals surface area contributed by atoms with Crippen LogP contribution in [0.1, 0.15) is 30.9 Å². The van der Waals surface area contributed by atoms with Crippen molar-refractivity contribution in [1.82, 2.24) is 5.32 Å². The fourth-order valence-electron chi connectivity index (χ4n) is 2.27. The third-order valence-electron chi connectivity index (χ3n) is 3.56. The van der Waals surface area contributed by atoms with Gasteiger partial charge >= 0.3 is 0 Å². The van der Waals surface area contributed by atoms with E-state index in [0.717, 1.165) is 24.8 Å². The molecule has 1 aromatic carbocycles. The van der Waals surface area contributed by atoms with Crippen LogP contribution in [0.4, 0.5) is 0 Å². The van der Waals surface area contributed by atoms with E-state index in [-0.39, 0.29) is 18.1 Å². The number of hydrogen-bond donors (Lipinski definition) is 2. The van der Waals surface area contributed by atoms with Gasteiger partial charge in [-0.3, -0.25) is 4.79 Å². The Labute approximate surface area is 114 Å². The average Bonchev–Trinajstić information content (AvgIpc) is 2.94. The lowest BCUT2D eigenvalue weighted by Gasteiger charge is -2.12. The topological polar surface area (TPSA) is 64.4 Å². The number of rotatable bonds is 5. The molecule has 2 rings (SSSR count). The lowest BCUT2D eigenvalue weighted by Crippen LogP contribution is -2.35. The van der Waals surface area contributed by atoms with E-state index in [0.29, 0.717) is 13.1 Å². The molecule has 4 nitrogen and oxygen atoms in total. The Balaban J connectivity index is 1.80. The van der Waals surface area contributed by atoms with Crippen LogP contribution < -0.4 is 11.1 Å². The Morgan fingerprint density at radius 3 is 2.58 bits per heavy atom. The van der Waals surface area contributed by atoms with Crippen molar-refractivity contribution in [3.8, 4) is 0 Å². The molecule has 0 bridgehead atoms. The highest BCUT2D eigenvalue weighted by Gasteiger charge is 2.29.